The van der Waals surface area contributed by atoms with E-state index in [1.165, 1.54) is 0 Å². The lowest BCUT2D eigenvalue weighted by Gasteiger charge is -2.02. The zero-order valence-corrected chi connectivity index (χ0v) is 11.1. The highest BCUT2D eigenvalue weighted by molar-refractivity contribution is 5.45. The van der Waals surface area contributed by atoms with Gasteiger partial charge < -0.3 is 0 Å². The summed E-state index contributed by atoms with van der Waals surface area (Å²) in [6.07, 6.45) is 0. The first-order chi connectivity index (χ1) is 8.47. The van der Waals surface area contributed by atoms with Gasteiger partial charge in [0, 0.05) is 7.05 Å². The molecule has 0 amide bonds. The molecule has 0 aliphatic rings. The quantitative estimate of drug-likeness (QED) is 0.760. The molecule has 0 spiro atoms. The fourth-order valence-electron chi connectivity index (χ4n) is 1.61. The topological polar surface area (TPSA) is 81.2 Å². The van der Waals surface area contributed by atoms with Crippen molar-refractivity contribution in [3.05, 3.63) is 23.0 Å². The van der Waals surface area contributed by atoms with E-state index in [9.17, 15) is 0 Å². The summed E-state index contributed by atoms with van der Waals surface area (Å²) in [5.74, 6) is 1.86. The van der Waals surface area contributed by atoms with E-state index in [1.54, 1.807) is 4.68 Å². The van der Waals surface area contributed by atoms with Gasteiger partial charge in [0.15, 0.2) is 0 Å². The van der Waals surface area contributed by atoms with Crippen LogP contribution in [0.25, 0.3) is 0 Å². The third-order valence-electron chi connectivity index (χ3n) is 2.55. The Kier molecular flexibility index (Phi) is 3.14. The summed E-state index contributed by atoms with van der Waals surface area (Å²) < 4.78 is 1.65. The molecule has 0 saturated heterocycles. The van der Waals surface area contributed by atoms with Gasteiger partial charge in [-0.2, -0.15) is 4.98 Å². The predicted molar refractivity (Wildman–Crippen MR) is 66.2 cm³/mol. The van der Waals surface area contributed by atoms with Crippen molar-refractivity contribution < 1.29 is 0 Å². The van der Waals surface area contributed by atoms with Crippen molar-refractivity contribution in [3.8, 4) is 0 Å². The molecule has 0 radical (unpaired) electrons. The first-order valence-corrected chi connectivity index (χ1v) is 5.58. The maximum absolute atomic E-state index is 4.26. The van der Waals surface area contributed by atoms with Crippen LogP contribution in [0.1, 0.15) is 23.0 Å². The number of nitrogens with zero attached hydrogens (tertiary/aromatic N) is 7. The fourth-order valence-corrected chi connectivity index (χ4v) is 1.61. The minimum Gasteiger partial charge on any atom is -0.251 e. The number of azo groups is 1. The highest BCUT2D eigenvalue weighted by atomic mass is 15.4. The Morgan fingerprint density at radius 3 is 2.00 bits per heavy atom. The Labute approximate surface area is 105 Å². The fraction of sp³-hybridized carbons (Fsp3) is 0.455. The highest BCUT2D eigenvalue weighted by Crippen LogP contribution is 2.22. The Hall–Kier alpha value is -2.18. The van der Waals surface area contributed by atoms with Gasteiger partial charge in [-0.25, -0.2) is 9.97 Å². The number of aromatic nitrogens is 5. The summed E-state index contributed by atoms with van der Waals surface area (Å²) in [5, 5.41) is 12.3. The zero-order valence-electron chi connectivity index (χ0n) is 11.1. The molecule has 7 nitrogen and oxygen atoms in total. The number of aryl methyl sites for hydroxylation is 5. The Bertz CT molecular complexity index is 569. The third-order valence-corrected chi connectivity index (χ3v) is 2.55. The van der Waals surface area contributed by atoms with E-state index in [0.29, 0.717) is 11.6 Å². The molecule has 0 N–H and O–H groups in total. The van der Waals surface area contributed by atoms with E-state index in [-0.39, 0.29) is 0 Å². The van der Waals surface area contributed by atoms with E-state index in [4.69, 9.17) is 0 Å². The summed E-state index contributed by atoms with van der Waals surface area (Å²) in [6.45, 7) is 7.47. The molecule has 7 heteroatoms. The van der Waals surface area contributed by atoms with Crippen LogP contribution in [0.4, 0.5) is 11.6 Å². The molecule has 0 aliphatic carbocycles. The molecule has 0 aromatic carbocycles. The van der Waals surface area contributed by atoms with E-state index in [1.807, 2.05) is 34.7 Å². The standard InChI is InChI=1S/C11H15N7/c1-6-10(7(2)13-8(3)12-6)15-16-11-14-9(4)18(5)17-11/h1-5H3. The molecule has 2 heterocycles. The average Bonchev–Trinajstić information content (AvgIpc) is 2.56. The second kappa shape index (κ2) is 4.59. The molecular formula is C11H15N7. The lowest BCUT2D eigenvalue weighted by molar-refractivity contribution is 0.734. The van der Waals surface area contributed by atoms with Crippen molar-refractivity contribution in [1.29, 1.82) is 0 Å². The van der Waals surface area contributed by atoms with Gasteiger partial charge in [0.05, 0.1) is 11.4 Å². The normalized spacial score (nSPS) is 11.4. The molecule has 0 atom stereocenters. The summed E-state index contributed by atoms with van der Waals surface area (Å²) in [5.41, 5.74) is 2.28. The average molecular weight is 245 g/mol. The first-order valence-electron chi connectivity index (χ1n) is 5.58. The monoisotopic (exact) mass is 245 g/mol. The van der Waals surface area contributed by atoms with Gasteiger partial charge in [-0.3, -0.25) is 4.68 Å². The summed E-state index contributed by atoms with van der Waals surface area (Å²) in [7, 11) is 1.81. The van der Waals surface area contributed by atoms with Gasteiger partial charge in [0.1, 0.15) is 17.3 Å². The van der Waals surface area contributed by atoms with Crippen molar-refractivity contribution >= 4 is 11.6 Å². The van der Waals surface area contributed by atoms with Crippen LogP contribution >= 0.6 is 0 Å². The van der Waals surface area contributed by atoms with Gasteiger partial charge in [-0.1, -0.05) is 0 Å². The number of hydrogen-bond acceptors (Lipinski definition) is 6. The van der Waals surface area contributed by atoms with Crippen LogP contribution in [0.3, 0.4) is 0 Å². The van der Waals surface area contributed by atoms with Crippen molar-refractivity contribution in [1.82, 2.24) is 24.7 Å². The molecule has 0 bridgehead atoms. The van der Waals surface area contributed by atoms with Gasteiger partial charge in [0.25, 0.3) is 5.95 Å². The third kappa shape index (κ3) is 2.39. The smallest absolute Gasteiger partial charge is 0.251 e. The van der Waals surface area contributed by atoms with Crippen molar-refractivity contribution in [3.63, 3.8) is 0 Å². The maximum Gasteiger partial charge on any atom is 0.287 e. The second-order valence-corrected chi connectivity index (χ2v) is 4.07. The predicted octanol–water partition coefficient (Wildman–Crippen LogP) is 2.25. The molecule has 2 aromatic heterocycles. The number of hydrogen-bond donors (Lipinski definition) is 0. The van der Waals surface area contributed by atoms with Crippen molar-refractivity contribution in [2.75, 3.05) is 0 Å². The molecule has 0 unspecified atom stereocenters. The van der Waals surface area contributed by atoms with Crippen LogP contribution in [-0.2, 0) is 7.05 Å². The summed E-state index contributed by atoms with van der Waals surface area (Å²) in [4.78, 5) is 12.7. The molecule has 94 valence electrons. The van der Waals surface area contributed by atoms with E-state index in [2.05, 4.69) is 30.3 Å². The van der Waals surface area contributed by atoms with Gasteiger partial charge in [-0.15, -0.1) is 15.3 Å². The SMILES string of the molecule is Cc1nc(C)c(N=Nc2nc(C)n(C)n2)c(C)n1. The van der Waals surface area contributed by atoms with Gasteiger partial charge in [0.2, 0.25) is 0 Å². The molecule has 0 saturated carbocycles. The van der Waals surface area contributed by atoms with Crippen molar-refractivity contribution in [2.24, 2.45) is 17.3 Å². The van der Waals surface area contributed by atoms with E-state index >= 15 is 0 Å². The molecule has 0 aliphatic heterocycles. The van der Waals surface area contributed by atoms with E-state index < -0.39 is 0 Å². The molecule has 2 rings (SSSR count). The van der Waals surface area contributed by atoms with Crippen LogP contribution in [0.5, 0.6) is 0 Å². The molecule has 0 fully saturated rings. The van der Waals surface area contributed by atoms with Gasteiger partial charge >= 0.3 is 0 Å². The Morgan fingerprint density at radius 2 is 1.50 bits per heavy atom. The van der Waals surface area contributed by atoms with E-state index in [0.717, 1.165) is 23.0 Å². The highest BCUT2D eigenvalue weighted by Gasteiger charge is 2.06. The number of rotatable bonds is 2. The molecule has 2 aromatic rings. The van der Waals surface area contributed by atoms with Crippen LogP contribution in [0.15, 0.2) is 10.2 Å². The van der Waals surface area contributed by atoms with Crippen molar-refractivity contribution in [2.45, 2.75) is 27.7 Å². The molecule has 18 heavy (non-hydrogen) atoms. The maximum atomic E-state index is 4.26. The summed E-state index contributed by atoms with van der Waals surface area (Å²) in [6, 6.07) is 0. The molecular weight excluding hydrogens is 230 g/mol. The lowest BCUT2D eigenvalue weighted by atomic mass is 10.3. The summed E-state index contributed by atoms with van der Waals surface area (Å²) >= 11 is 0. The van der Waals surface area contributed by atoms with Gasteiger partial charge in [-0.05, 0) is 27.7 Å². The second-order valence-electron chi connectivity index (χ2n) is 4.07. The minimum atomic E-state index is 0.342. The largest absolute Gasteiger partial charge is 0.287 e. The van der Waals surface area contributed by atoms with Crippen LogP contribution in [-0.4, -0.2) is 24.7 Å². The zero-order chi connectivity index (χ0) is 13.3. The lowest BCUT2D eigenvalue weighted by Crippen LogP contribution is -1.94. The Morgan fingerprint density at radius 1 is 0.889 bits per heavy atom. The first kappa shape index (κ1) is 12.3. The van der Waals surface area contributed by atoms with Crippen LogP contribution < -0.4 is 0 Å². The minimum absolute atomic E-state index is 0.342. The Balaban J connectivity index is 2.34. The van der Waals surface area contributed by atoms with Crippen LogP contribution in [0, 0.1) is 27.7 Å². The van der Waals surface area contributed by atoms with Crippen LogP contribution in [0.2, 0.25) is 0 Å².